The number of anilines is 1. The van der Waals surface area contributed by atoms with Gasteiger partial charge in [0.05, 0.1) is 0 Å². The van der Waals surface area contributed by atoms with Gasteiger partial charge in [-0.15, -0.1) is 0 Å². The Labute approximate surface area is 89.1 Å². The summed E-state index contributed by atoms with van der Waals surface area (Å²) >= 11 is 0. The van der Waals surface area contributed by atoms with E-state index in [1.807, 2.05) is 6.92 Å². The van der Waals surface area contributed by atoms with Gasteiger partial charge in [0.25, 0.3) is 0 Å². The van der Waals surface area contributed by atoms with Crippen molar-refractivity contribution in [3.8, 4) is 0 Å². The maximum Gasteiger partial charge on any atom is 0.227 e. The second-order valence-electron chi connectivity index (χ2n) is 4.26. The van der Waals surface area contributed by atoms with Crippen LogP contribution in [0.25, 0.3) is 0 Å². The molecule has 0 unspecified atom stereocenters. The smallest absolute Gasteiger partial charge is 0.227 e. The van der Waals surface area contributed by atoms with Crippen molar-refractivity contribution in [3.63, 3.8) is 0 Å². The van der Waals surface area contributed by atoms with Crippen LogP contribution in [0.1, 0.15) is 26.0 Å². The molecule has 0 radical (unpaired) electrons. The van der Waals surface area contributed by atoms with Gasteiger partial charge in [0.15, 0.2) is 0 Å². The van der Waals surface area contributed by atoms with E-state index in [9.17, 15) is 4.79 Å². The molecule has 1 amide bonds. The lowest BCUT2D eigenvalue weighted by atomic mass is 10.0. The molecule has 1 aromatic rings. The highest BCUT2D eigenvalue weighted by molar-refractivity contribution is 5.90. The maximum atomic E-state index is 11.5. The van der Waals surface area contributed by atoms with E-state index in [0.29, 0.717) is 5.82 Å². The Bertz CT molecular complexity index is 357. The number of nitrogens with zero attached hydrogens (tertiary/aromatic N) is 2. The van der Waals surface area contributed by atoms with Gasteiger partial charge in [-0.05, 0) is 20.8 Å². The van der Waals surface area contributed by atoms with E-state index in [1.54, 1.807) is 19.9 Å². The van der Waals surface area contributed by atoms with Gasteiger partial charge in [0.1, 0.15) is 12.1 Å². The van der Waals surface area contributed by atoms with E-state index < -0.39 is 5.54 Å². The summed E-state index contributed by atoms with van der Waals surface area (Å²) in [7, 11) is 0. The van der Waals surface area contributed by atoms with E-state index in [4.69, 9.17) is 5.73 Å². The predicted octanol–water partition coefficient (Wildman–Crippen LogP) is 0.851. The minimum Gasteiger partial charge on any atom is -0.325 e. The normalized spacial score (nSPS) is 11.2. The molecule has 0 saturated heterocycles. The molecule has 0 saturated carbocycles. The van der Waals surface area contributed by atoms with Gasteiger partial charge in [0, 0.05) is 23.7 Å². The number of nitrogens with two attached hydrogens (primary N) is 1. The third-order valence-electron chi connectivity index (χ3n) is 1.69. The minimum absolute atomic E-state index is 0.138. The van der Waals surface area contributed by atoms with Crippen molar-refractivity contribution in [2.24, 2.45) is 5.73 Å². The van der Waals surface area contributed by atoms with Crippen LogP contribution in [-0.4, -0.2) is 21.4 Å². The van der Waals surface area contributed by atoms with Gasteiger partial charge in [-0.25, -0.2) is 9.97 Å². The third kappa shape index (κ3) is 4.51. The summed E-state index contributed by atoms with van der Waals surface area (Å²) in [6, 6.07) is 1.71. The molecule has 0 fully saturated rings. The third-order valence-corrected chi connectivity index (χ3v) is 1.69. The number of rotatable bonds is 3. The fourth-order valence-electron chi connectivity index (χ4n) is 1.12. The Morgan fingerprint density at radius 3 is 2.73 bits per heavy atom. The molecule has 1 rings (SSSR count). The topological polar surface area (TPSA) is 80.9 Å². The Hall–Kier alpha value is -1.49. The highest BCUT2D eigenvalue weighted by Crippen LogP contribution is 2.07. The molecule has 0 aliphatic heterocycles. The van der Waals surface area contributed by atoms with Gasteiger partial charge in [-0.3, -0.25) is 4.79 Å². The molecule has 3 N–H and O–H groups in total. The number of aromatic nitrogens is 2. The number of hydrogen-bond acceptors (Lipinski definition) is 4. The molecular formula is C10H16N4O. The summed E-state index contributed by atoms with van der Waals surface area (Å²) in [5.41, 5.74) is 6.03. The van der Waals surface area contributed by atoms with Gasteiger partial charge in [-0.2, -0.15) is 0 Å². The Kier molecular flexibility index (Phi) is 3.36. The molecule has 0 spiro atoms. The van der Waals surface area contributed by atoms with Gasteiger partial charge >= 0.3 is 0 Å². The fraction of sp³-hybridized carbons (Fsp3) is 0.500. The van der Waals surface area contributed by atoms with E-state index in [-0.39, 0.29) is 12.3 Å². The summed E-state index contributed by atoms with van der Waals surface area (Å²) in [6.07, 6.45) is 1.68. The Morgan fingerprint density at radius 2 is 2.20 bits per heavy atom. The van der Waals surface area contributed by atoms with E-state index in [1.165, 1.54) is 6.33 Å². The van der Waals surface area contributed by atoms with E-state index in [2.05, 4.69) is 15.3 Å². The van der Waals surface area contributed by atoms with Crippen molar-refractivity contribution >= 4 is 11.7 Å². The zero-order valence-corrected chi connectivity index (χ0v) is 9.24. The lowest BCUT2D eigenvalue weighted by Crippen LogP contribution is -2.36. The van der Waals surface area contributed by atoms with Crippen LogP contribution in [-0.2, 0) is 4.79 Å². The predicted molar refractivity (Wildman–Crippen MR) is 58.3 cm³/mol. The molecule has 0 bridgehead atoms. The summed E-state index contributed by atoms with van der Waals surface area (Å²) in [6.45, 7) is 5.44. The van der Waals surface area contributed by atoms with Crippen LogP contribution < -0.4 is 11.1 Å². The SMILES string of the molecule is Cc1cc(NC(=O)CC(C)(C)N)ncn1. The minimum atomic E-state index is -0.508. The van der Waals surface area contributed by atoms with E-state index in [0.717, 1.165) is 5.69 Å². The molecule has 0 aliphatic rings. The van der Waals surface area contributed by atoms with Crippen LogP contribution in [0.5, 0.6) is 0 Å². The van der Waals surface area contributed by atoms with Crippen LogP contribution in [0.3, 0.4) is 0 Å². The monoisotopic (exact) mass is 208 g/mol. The fourth-order valence-corrected chi connectivity index (χ4v) is 1.12. The molecule has 5 heteroatoms. The van der Waals surface area contributed by atoms with Crippen molar-refractivity contribution < 1.29 is 4.79 Å². The summed E-state index contributed by atoms with van der Waals surface area (Å²) in [4.78, 5) is 19.3. The second-order valence-corrected chi connectivity index (χ2v) is 4.26. The van der Waals surface area contributed by atoms with E-state index >= 15 is 0 Å². The lowest BCUT2D eigenvalue weighted by Gasteiger charge is -2.17. The van der Waals surface area contributed by atoms with Crippen molar-refractivity contribution in [1.82, 2.24) is 9.97 Å². The van der Waals surface area contributed by atoms with Crippen LogP contribution in [0, 0.1) is 6.92 Å². The van der Waals surface area contributed by atoms with Crippen molar-refractivity contribution in [1.29, 1.82) is 0 Å². The molecule has 1 heterocycles. The molecule has 1 aromatic heterocycles. The van der Waals surface area contributed by atoms with Gasteiger partial charge in [-0.1, -0.05) is 0 Å². The average molecular weight is 208 g/mol. The molecule has 82 valence electrons. The first kappa shape index (κ1) is 11.6. The van der Waals surface area contributed by atoms with Crippen molar-refractivity contribution in [2.45, 2.75) is 32.7 Å². The molecule has 0 atom stereocenters. The molecule has 0 aliphatic carbocycles. The largest absolute Gasteiger partial charge is 0.325 e. The highest BCUT2D eigenvalue weighted by Gasteiger charge is 2.16. The average Bonchev–Trinajstić information content (AvgIpc) is 1.99. The molecule has 5 nitrogen and oxygen atoms in total. The second kappa shape index (κ2) is 4.35. The highest BCUT2D eigenvalue weighted by atomic mass is 16.1. The molecular weight excluding hydrogens is 192 g/mol. The number of hydrogen-bond donors (Lipinski definition) is 2. The van der Waals surface area contributed by atoms with Crippen LogP contribution in [0.2, 0.25) is 0 Å². The first-order valence-electron chi connectivity index (χ1n) is 4.74. The zero-order valence-electron chi connectivity index (χ0n) is 9.24. The van der Waals surface area contributed by atoms with Crippen LogP contribution >= 0.6 is 0 Å². The maximum absolute atomic E-state index is 11.5. The molecule has 15 heavy (non-hydrogen) atoms. The quantitative estimate of drug-likeness (QED) is 0.771. The van der Waals surface area contributed by atoms with Gasteiger partial charge < -0.3 is 11.1 Å². The van der Waals surface area contributed by atoms with Gasteiger partial charge in [0.2, 0.25) is 5.91 Å². The van der Waals surface area contributed by atoms with Crippen molar-refractivity contribution in [2.75, 3.05) is 5.32 Å². The summed E-state index contributed by atoms with van der Waals surface area (Å²) in [5.74, 6) is 0.373. The lowest BCUT2D eigenvalue weighted by molar-refractivity contribution is -0.117. The number of carbonyl (C=O) groups is 1. The number of carbonyl (C=O) groups excluding carboxylic acids is 1. The zero-order chi connectivity index (χ0) is 11.5. The number of aryl methyl sites for hydroxylation is 1. The Balaban J connectivity index is 2.59. The first-order chi connectivity index (χ1) is 6.87. The molecule has 0 aromatic carbocycles. The van der Waals surface area contributed by atoms with Crippen LogP contribution in [0.4, 0.5) is 5.82 Å². The first-order valence-corrected chi connectivity index (χ1v) is 4.74. The number of nitrogens with one attached hydrogen (secondary N) is 1. The number of amides is 1. The standard InChI is InChI=1S/C10H16N4O/c1-7-4-8(13-6-12-7)14-9(15)5-10(2,3)11/h4,6H,5,11H2,1-3H3,(H,12,13,14,15). The summed E-state index contributed by atoms with van der Waals surface area (Å²) < 4.78 is 0. The Morgan fingerprint density at radius 1 is 1.53 bits per heavy atom. The van der Waals surface area contributed by atoms with Crippen LogP contribution in [0.15, 0.2) is 12.4 Å². The van der Waals surface area contributed by atoms with Crippen molar-refractivity contribution in [3.05, 3.63) is 18.1 Å². The summed E-state index contributed by atoms with van der Waals surface area (Å²) in [5, 5.41) is 2.67.